The van der Waals surface area contributed by atoms with Crippen molar-refractivity contribution in [3.63, 3.8) is 0 Å². The van der Waals surface area contributed by atoms with Crippen LogP contribution in [0.1, 0.15) is 18.4 Å². The van der Waals surface area contributed by atoms with Crippen LogP contribution in [0.2, 0.25) is 0 Å². The van der Waals surface area contributed by atoms with Gasteiger partial charge in [0.05, 0.1) is 3.79 Å². The highest BCUT2D eigenvalue weighted by molar-refractivity contribution is 9.11. The van der Waals surface area contributed by atoms with Gasteiger partial charge in [-0.15, -0.1) is 11.3 Å². The number of nitrogens with one attached hydrogen (secondary N) is 1. The van der Waals surface area contributed by atoms with Gasteiger partial charge in [0, 0.05) is 12.0 Å². The maximum atomic E-state index is 12.3. The molecule has 1 fully saturated rings. The highest BCUT2D eigenvalue weighted by Crippen LogP contribution is 2.48. The number of thiophene rings is 1. The molecular weight excluding hydrogens is 358 g/mol. The lowest BCUT2D eigenvalue weighted by molar-refractivity contribution is 0.580. The van der Waals surface area contributed by atoms with Crippen LogP contribution in [0, 0.1) is 5.92 Å². The molecule has 1 aromatic carbocycles. The molecule has 1 aliphatic rings. The van der Waals surface area contributed by atoms with Crippen molar-refractivity contribution in [1.82, 2.24) is 4.72 Å². The maximum Gasteiger partial charge on any atom is 0.250 e. The van der Waals surface area contributed by atoms with Crippen LogP contribution >= 0.6 is 27.3 Å². The molecule has 0 saturated heterocycles. The molecule has 1 N–H and O–H groups in total. The van der Waals surface area contributed by atoms with E-state index in [4.69, 9.17) is 0 Å². The lowest BCUT2D eigenvalue weighted by atomic mass is 10.1. The summed E-state index contributed by atoms with van der Waals surface area (Å²) in [6.45, 7) is 2.08. The predicted molar refractivity (Wildman–Crippen MR) is 84.5 cm³/mol. The number of sulfonamides is 1. The molecule has 3 rings (SSSR count). The van der Waals surface area contributed by atoms with Crippen LogP contribution in [-0.4, -0.2) is 14.5 Å². The van der Waals surface area contributed by atoms with Crippen LogP contribution in [-0.2, 0) is 10.0 Å². The monoisotopic (exact) mass is 371 g/mol. The Bertz CT molecular complexity index is 712. The second-order valence-corrected chi connectivity index (χ2v) is 9.41. The zero-order valence-electron chi connectivity index (χ0n) is 10.8. The summed E-state index contributed by atoms with van der Waals surface area (Å²) in [4.78, 5) is 0. The Morgan fingerprint density at radius 2 is 1.85 bits per heavy atom. The van der Waals surface area contributed by atoms with Crippen LogP contribution < -0.4 is 4.72 Å². The fourth-order valence-electron chi connectivity index (χ4n) is 2.51. The second kappa shape index (κ2) is 5.26. The Hall–Kier alpha value is -0.690. The summed E-state index contributed by atoms with van der Waals surface area (Å²) >= 11 is 4.52. The van der Waals surface area contributed by atoms with E-state index in [-0.39, 0.29) is 12.0 Å². The molecule has 1 aromatic heterocycles. The quantitative estimate of drug-likeness (QED) is 0.892. The van der Waals surface area contributed by atoms with Gasteiger partial charge in [0.25, 0.3) is 0 Å². The van der Waals surface area contributed by atoms with E-state index in [1.165, 1.54) is 16.9 Å². The van der Waals surface area contributed by atoms with Gasteiger partial charge in [0.1, 0.15) is 4.21 Å². The third kappa shape index (κ3) is 2.70. The third-order valence-corrected chi connectivity index (χ3v) is 7.24. The summed E-state index contributed by atoms with van der Waals surface area (Å²) in [5, 5.41) is 0. The van der Waals surface area contributed by atoms with E-state index in [0.717, 1.165) is 3.79 Å². The Labute approximate surface area is 131 Å². The van der Waals surface area contributed by atoms with Crippen molar-refractivity contribution in [2.45, 2.75) is 23.1 Å². The molecule has 106 valence electrons. The molecule has 2 aromatic rings. The molecule has 1 saturated carbocycles. The van der Waals surface area contributed by atoms with Crippen molar-refractivity contribution in [2.75, 3.05) is 0 Å². The van der Waals surface area contributed by atoms with Crippen LogP contribution in [0.25, 0.3) is 0 Å². The Kier molecular flexibility index (Phi) is 3.75. The fourth-order valence-corrected chi connectivity index (χ4v) is 5.89. The van der Waals surface area contributed by atoms with Crippen molar-refractivity contribution in [3.8, 4) is 0 Å². The van der Waals surface area contributed by atoms with E-state index < -0.39 is 10.0 Å². The van der Waals surface area contributed by atoms with Crippen molar-refractivity contribution in [3.05, 3.63) is 51.8 Å². The second-order valence-electron chi connectivity index (χ2n) is 5.00. The summed E-state index contributed by atoms with van der Waals surface area (Å²) in [7, 11) is -3.41. The summed E-state index contributed by atoms with van der Waals surface area (Å²) < 4.78 is 28.6. The standard InChI is InChI=1S/C14H14BrNO2S2/c1-9-13(10-5-3-2-4-6-10)14(9)16-20(17,18)12-8-7-11(15)19-12/h2-9,13-14,16H,1H3/t9-,13-,14+/m1/s1. The number of benzene rings is 1. The molecule has 3 atom stereocenters. The normalized spacial score (nSPS) is 25.6. The predicted octanol–water partition coefficient (Wildman–Crippen LogP) is 3.59. The first-order valence-corrected chi connectivity index (χ1v) is 9.41. The molecule has 1 aliphatic carbocycles. The third-order valence-electron chi connectivity index (χ3n) is 3.67. The smallest absolute Gasteiger partial charge is 0.206 e. The van der Waals surface area contributed by atoms with Crippen molar-refractivity contribution in [1.29, 1.82) is 0 Å². The largest absolute Gasteiger partial charge is 0.250 e. The molecule has 6 heteroatoms. The highest BCUT2D eigenvalue weighted by atomic mass is 79.9. The lowest BCUT2D eigenvalue weighted by Gasteiger charge is -2.04. The summed E-state index contributed by atoms with van der Waals surface area (Å²) in [6.07, 6.45) is 0. The minimum atomic E-state index is -3.41. The molecule has 0 radical (unpaired) electrons. The van der Waals surface area contributed by atoms with Gasteiger partial charge < -0.3 is 0 Å². The van der Waals surface area contributed by atoms with Crippen molar-refractivity contribution < 1.29 is 8.42 Å². The number of hydrogen-bond donors (Lipinski definition) is 1. The van der Waals surface area contributed by atoms with E-state index in [0.29, 0.717) is 10.1 Å². The van der Waals surface area contributed by atoms with E-state index in [9.17, 15) is 8.42 Å². The van der Waals surface area contributed by atoms with E-state index in [1.54, 1.807) is 12.1 Å². The lowest BCUT2D eigenvalue weighted by Crippen LogP contribution is -2.27. The van der Waals surface area contributed by atoms with E-state index in [2.05, 4.69) is 39.7 Å². The summed E-state index contributed by atoms with van der Waals surface area (Å²) in [6, 6.07) is 13.4. The summed E-state index contributed by atoms with van der Waals surface area (Å²) in [5.74, 6) is 0.602. The first-order valence-electron chi connectivity index (χ1n) is 6.31. The first kappa shape index (κ1) is 14.3. The minimum absolute atomic E-state index is 0.0109. The number of hydrogen-bond acceptors (Lipinski definition) is 3. The molecular formula is C14H14BrNO2S2. The zero-order chi connectivity index (χ0) is 14.3. The van der Waals surface area contributed by atoms with Gasteiger partial charge in [-0.05, 0) is 39.5 Å². The van der Waals surface area contributed by atoms with E-state index in [1.807, 2.05) is 18.2 Å². The van der Waals surface area contributed by atoms with Crippen LogP contribution in [0.15, 0.2) is 50.5 Å². The maximum absolute atomic E-state index is 12.3. The van der Waals surface area contributed by atoms with E-state index >= 15 is 0 Å². The first-order chi connectivity index (χ1) is 9.49. The molecule has 0 spiro atoms. The van der Waals surface area contributed by atoms with Gasteiger partial charge in [-0.1, -0.05) is 37.3 Å². The number of rotatable bonds is 4. The zero-order valence-corrected chi connectivity index (χ0v) is 14.0. The molecule has 0 bridgehead atoms. The average Bonchev–Trinajstić information content (AvgIpc) is 2.84. The van der Waals surface area contributed by atoms with Gasteiger partial charge in [0.15, 0.2) is 0 Å². The molecule has 20 heavy (non-hydrogen) atoms. The van der Waals surface area contributed by atoms with Crippen molar-refractivity contribution in [2.24, 2.45) is 5.92 Å². The van der Waals surface area contributed by atoms with Gasteiger partial charge in [-0.25, -0.2) is 13.1 Å². The Balaban J connectivity index is 1.77. The van der Waals surface area contributed by atoms with Gasteiger partial charge in [-0.2, -0.15) is 0 Å². The molecule has 0 amide bonds. The molecule has 0 aliphatic heterocycles. The number of halogens is 1. The van der Waals surface area contributed by atoms with Gasteiger partial charge in [-0.3, -0.25) is 0 Å². The Morgan fingerprint density at radius 3 is 2.45 bits per heavy atom. The fraction of sp³-hybridized carbons (Fsp3) is 0.286. The molecule has 3 nitrogen and oxygen atoms in total. The highest BCUT2D eigenvalue weighted by Gasteiger charge is 2.49. The topological polar surface area (TPSA) is 46.2 Å². The summed E-state index contributed by atoms with van der Waals surface area (Å²) in [5.41, 5.74) is 1.19. The Morgan fingerprint density at radius 1 is 1.15 bits per heavy atom. The van der Waals surface area contributed by atoms with Gasteiger partial charge in [0.2, 0.25) is 10.0 Å². The molecule has 1 heterocycles. The van der Waals surface area contributed by atoms with Crippen LogP contribution in [0.3, 0.4) is 0 Å². The molecule has 0 unspecified atom stereocenters. The van der Waals surface area contributed by atoms with Gasteiger partial charge >= 0.3 is 0 Å². The van der Waals surface area contributed by atoms with Crippen LogP contribution in [0.4, 0.5) is 0 Å². The van der Waals surface area contributed by atoms with Crippen LogP contribution in [0.5, 0.6) is 0 Å². The SMILES string of the molecule is C[C@H]1[C@H](NS(=O)(=O)c2ccc(Br)s2)[C@H]1c1ccccc1. The average molecular weight is 372 g/mol. The minimum Gasteiger partial charge on any atom is -0.206 e. The van der Waals surface area contributed by atoms with Crippen molar-refractivity contribution >= 4 is 37.3 Å².